The Balaban J connectivity index is 1.43. The number of nitro benzene ring substituents is 1. The monoisotopic (exact) mass is 417 g/mol. The van der Waals surface area contributed by atoms with E-state index in [0.717, 1.165) is 29.8 Å². The molecular formula is C23H23N5O3. The zero-order valence-corrected chi connectivity index (χ0v) is 17.0. The molecule has 1 fully saturated rings. The summed E-state index contributed by atoms with van der Waals surface area (Å²) in [5, 5.41) is 18.3. The van der Waals surface area contributed by atoms with Crippen molar-refractivity contribution in [3.63, 3.8) is 0 Å². The Hall–Kier alpha value is -3.81. The number of benzene rings is 1. The highest BCUT2D eigenvalue weighted by Crippen LogP contribution is 2.33. The van der Waals surface area contributed by atoms with Crippen LogP contribution < -0.4 is 5.32 Å². The van der Waals surface area contributed by atoms with Gasteiger partial charge in [-0.15, -0.1) is 0 Å². The van der Waals surface area contributed by atoms with E-state index in [2.05, 4.69) is 15.0 Å². The fourth-order valence-electron chi connectivity index (χ4n) is 3.81. The first-order valence-corrected chi connectivity index (χ1v) is 10.3. The summed E-state index contributed by atoms with van der Waals surface area (Å²) in [5.74, 6) is -0.251. The molecule has 2 heterocycles. The molecule has 1 aliphatic rings. The number of aromatic nitrogens is 3. The number of amides is 1. The van der Waals surface area contributed by atoms with E-state index in [4.69, 9.17) is 5.10 Å². The van der Waals surface area contributed by atoms with Gasteiger partial charge in [-0.25, -0.2) is 0 Å². The van der Waals surface area contributed by atoms with Crippen LogP contribution in [0.1, 0.15) is 43.0 Å². The average molecular weight is 417 g/mol. The largest absolute Gasteiger partial charge is 0.347 e. The summed E-state index contributed by atoms with van der Waals surface area (Å²) in [7, 11) is 0. The minimum Gasteiger partial charge on any atom is -0.347 e. The summed E-state index contributed by atoms with van der Waals surface area (Å²) >= 11 is 0. The quantitative estimate of drug-likeness (QED) is 0.351. The summed E-state index contributed by atoms with van der Waals surface area (Å²) in [5.41, 5.74) is 3.64. The zero-order valence-electron chi connectivity index (χ0n) is 17.0. The lowest BCUT2D eigenvalue weighted by Crippen LogP contribution is -2.20. The Labute approximate surface area is 179 Å². The van der Waals surface area contributed by atoms with Crippen LogP contribution in [0.2, 0.25) is 0 Å². The summed E-state index contributed by atoms with van der Waals surface area (Å²) < 4.78 is 2.09. The van der Waals surface area contributed by atoms with Gasteiger partial charge in [-0.3, -0.25) is 24.6 Å². The molecule has 0 aliphatic heterocycles. The van der Waals surface area contributed by atoms with Gasteiger partial charge in [0, 0.05) is 36.2 Å². The molecule has 1 amide bonds. The fourth-order valence-corrected chi connectivity index (χ4v) is 3.81. The fraction of sp³-hybridized carbons (Fsp3) is 0.261. The molecule has 31 heavy (non-hydrogen) atoms. The van der Waals surface area contributed by atoms with Crippen LogP contribution in [0.25, 0.3) is 17.3 Å². The third-order valence-electron chi connectivity index (χ3n) is 5.41. The molecule has 0 atom stereocenters. The van der Waals surface area contributed by atoms with E-state index in [9.17, 15) is 14.9 Å². The Bertz CT molecular complexity index is 1080. The first kappa shape index (κ1) is 20.5. The molecule has 0 spiro atoms. The molecule has 1 aromatic carbocycles. The van der Waals surface area contributed by atoms with Gasteiger partial charge < -0.3 is 5.32 Å². The van der Waals surface area contributed by atoms with Crippen molar-refractivity contribution in [3.05, 3.63) is 82.3 Å². The predicted octanol–water partition coefficient (Wildman–Crippen LogP) is 4.30. The van der Waals surface area contributed by atoms with E-state index in [1.165, 1.54) is 31.1 Å². The number of hydrogen-bond acceptors (Lipinski definition) is 5. The Morgan fingerprint density at radius 3 is 2.55 bits per heavy atom. The molecule has 158 valence electrons. The van der Waals surface area contributed by atoms with Crippen LogP contribution in [0.4, 0.5) is 5.69 Å². The maximum Gasteiger partial charge on any atom is 0.269 e. The molecule has 8 nitrogen and oxygen atoms in total. The molecule has 4 rings (SSSR count). The maximum atomic E-state index is 12.2. The third-order valence-corrected chi connectivity index (χ3v) is 5.41. The third kappa shape index (κ3) is 5.03. The van der Waals surface area contributed by atoms with Gasteiger partial charge in [-0.05, 0) is 54.8 Å². The lowest BCUT2D eigenvalue weighted by atomic mass is 10.1. The van der Waals surface area contributed by atoms with E-state index in [1.807, 2.05) is 18.2 Å². The van der Waals surface area contributed by atoms with Gasteiger partial charge in [0.25, 0.3) is 5.69 Å². The van der Waals surface area contributed by atoms with Crippen LogP contribution in [-0.4, -0.2) is 25.6 Å². The maximum absolute atomic E-state index is 12.2. The summed E-state index contributed by atoms with van der Waals surface area (Å²) in [6.07, 6.45) is 11.2. The van der Waals surface area contributed by atoms with E-state index >= 15 is 0 Å². The minimum atomic E-state index is -0.453. The summed E-state index contributed by atoms with van der Waals surface area (Å²) in [4.78, 5) is 26.6. The highest BCUT2D eigenvalue weighted by Gasteiger charge is 2.22. The molecule has 2 aromatic heterocycles. The van der Waals surface area contributed by atoms with Crippen LogP contribution in [-0.2, 0) is 11.3 Å². The van der Waals surface area contributed by atoms with Crippen LogP contribution in [0.15, 0.2) is 60.9 Å². The molecule has 0 radical (unpaired) electrons. The van der Waals surface area contributed by atoms with Crippen molar-refractivity contribution in [2.75, 3.05) is 0 Å². The topological polar surface area (TPSA) is 103 Å². The van der Waals surface area contributed by atoms with Crippen molar-refractivity contribution in [3.8, 4) is 11.3 Å². The first-order chi connectivity index (χ1) is 15.1. The Morgan fingerprint density at radius 1 is 1.16 bits per heavy atom. The van der Waals surface area contributed by atoms with Gasteiger partial charge in [0.1, 0.15) is 0 Å². The minimum absolute atomic E-state index is 0.0180. The molecule has 1 saturated carbocycles. The standard InChI is InChI=1S/C23H23N5O3/c29-23(10-7-17-5-8-21(9-6-17)28(30)31)25-16-19-15-22(18-11-13-24-14-12-18)27(26-19)20-3-1-2-4-20/h5-15,20H,1-4,16H2,(H,25,29). The van der Waals surface area contributed by atoms with Gasteiger partial charge in [-0.2, -0.15) is 5.10 Å². The van der Waals surface area contributed by atoms with Crippen molar-refractivity contribution in [1.82, 2.24) is 20.1 Å². The number of carbonyl (C=O) groups excluding carboxylic acids is 1. The van der Waals surface area contributed by atoms with Gasteiger partial charge in [-0.1, -0.05) is 12.8 Å². The van der Waals surface area contributed by atoms with Gasteiger partial charge >= 0.3 is 0 Å². The van der Waals surface area contributed by atoms with Crippen LogP contribution in [0.5, 0.6) is 0 Å². The highest BCUT2D eigenvalue weighted by atomic mass is 16.6. The van der Waals surface area contributed by atoms with Crippen molar-refractivity contribution in [2.45, 2.75) is 38.3 Å². The lowest BCUT2D eigenvalue weighted by Gasteiger charge is -2.14. The molecule has 0 bridgehead atoms. The van der Waals surface area contributed by atoms with Gasteiger partial charge in [0.15, 0.2) is 0 Å². The van der Waals surface area contributed by atoms with E-state index in [0.29, 0.717) is 18.2 Å². The number of pyridine rings is 1. The van der Waals surface area contributed by atoms with Crippen LogP contribution >= 0.6 is 0 Å². The Kier molecular flexibility index (Phi) is 6.16. The predicted molar refractivity (Wildman–Crippen MR) is 117 cm³/mol. The zero-order chi connectivity index (χ0) is 21.6. The van der Waals surface area contributed by atoms with E-state index < -0.39 is 4.92 Å². The van der Waals surface area contributed by atoms with Gasteiger partial charge in [0.2, 0.25) is 5.91 Å². The van der Waals surface area contributed by atoms with Crippen LogP contribution in [0.3, 0.4) is 0 Å². The number of carbonyl (C=O) groups is 1. The molecule has 8 heteroatoms. The van der Waals surface area contributed by atoms with Crippen molar-refractivity contribution < 1.29 is 9.72 Å². The molecule has 0 saturated heterocycles. The number of non-ortho nitro benzene ring substituents is 1. The SMILES string of the molecule is O=C(C=Cc1ccc([N+](=O)[O-])cc1)NCc1cc(-c2ccncc2)n(C2CCCC2)n1. The summed E-state index contributed by atoms with van der Waals surface area (Å²) in [6.45, 7) is 0.321. The summed E-state index contributed by atoms with van der Waals surface area (Å²) in [6, 6.07) is 12.4. The number of hydrogen-bond donors (Lipinski definition) is 1. The van der Waals surface area contributed by atoms with Crippen molar-refractivity contribution in [1.29, 1.82) is 0 Å². The Morgan fingerprint density at radius 2 is 1.87 bits per heavy atom. The smallest absolute Gasteiger partial charge is 0.269 e. The van der Waals surface area contributed by atoms with Crippen LogP contribution in [0, 0.1) is 10.1 Å². The molecule has 0 unspecified atom stereocenters. The number of nitro groups is 1. The molecular weight excluding hydrogens is 394 g/mol. The molecule has 1 aliphatic carbocycles. The highest BCUT2D eigenvalue weighted by molar-refractivity contribution is 5.91. The normalized spacial score (nSPS) is 14.2. The molecule has 3 aromatic rings. The second-order valence-corrected chi connectivity index (χ2v) is 7.54. The second-order valence-electron chi connectivity index (χ2n) is 7.54. The average Bonchev–Trinajstić information content (AvgIpc) is 3.47. The molecule has 1 N–H and O–H groups in total. The second kappa shape index (κ2) is 9.34. The number of rotatable bonds is 7. The first-order valence-electron chi connectivity index (χ1n) is 10.3. The van der Waals surface area contributed by atoms with Crippen molar-refractivity contribution in [2.24, 2.45) is 0 Å². The van der Waals surface area contributed by atoms with Crippen molar-refractivity contribution >= 4 is 17.7 Å². The van der Waals surface area contributed by atoms with E-state index in [1.54, 1.807) is 30.6 Å². The van der Waals surface area contributed by atoms with Gasteiger partial charge in [0.05, 0.1) is 28.9 Å². The number of nitrogens with one attached hydrogen (secondary N) is 1. The van der Waals surface area contributed by atoms with E-state index in [-0.39, 0.29) is 11.6 Å². The lowest BCUT2D eigenvalue weighted by molar-refractivity contribution is -0.384. The number of nitrogens with zero attached hydrogens (tertiary/aromatic N) is 4.